The maximum Gasteiger partial charge on any atom is 0.232 e. The van der Waals surface area contributed by atoms with E-state index in [2.05, 4.69) is 16.6 Å². The molecular formula is C12H14ClIN4O2S. The Morgan fingerprint density at radius 2 is 2.24 bits per heavy atom. The molecule has 0 heterocycles. The first-order chi connectivity index (χ1) is 9.75. The minimum Gasteiger partial charge on any atom is -0.265 e. The third-order valence-electron chi connectivity index (χ3n) is 2.57. The molecule has 0 saturated heterocycles. The summed E-state index contributed by atoms with van der Waals surface area (Å²) in [5, 5.41) is 3.96. The van der Waals surface area contributed by atoms with Crippen molar-refractivity contribution in [2.45, 2.75) is 6.42 Å². The van der Waals surface area contributed by atoms with Crippen LogP contribution in [0.5, 0.6) is 0 Å². The molecule has 0 aliphatic rings. The molecule has 0 saturated carbocycles. The SMILES string of the molecule is C=C(CCN=[N+]=[N-])CN(c1ccc(Cl)cc1I)S(C)(=O)=O. The lowest BCUT2D eigenvalue weighted by atomic mass is 10.2. The standard InChI is InChI=1S/C12H14ClIN4O2S/c1-9(5-6-16-17-15)8-18(21(2,19)20)12-4-3-10(13)7-11(12)14/h3-4,7H,1,5-6,8H2,2H3. The van der Waals surface area contributed by atoms with Crippen LogP contribution in [0.15, 0.2) is 35.5 Å². The van der Waals surface area contributed by atoms with E-state index in [0.717, 1.165) is 9.83 Å². The highest BCUT2D eigenvalue weighted by atomic mass is 127. The van der Waals surface area contributed by atoms with Gasteiger partial charge in [0, 0.05) is 20.0 Å². The molecule has 0 fully saturated rings. The minimum atomic E-state index is -3.46. The number of anilines is 1. The summed E-state index contributed by atoms with van der Waals surface area (Å²) in [5.41, 5.74) is 9.45. The maximum atomic E-state index is 12.0. The van der Waals surface area contributed by atoms with Gasteiger partial charge in [-0.05, 0) is 52.7 Å². The molecule has 1 rings (SSSR count). The van der Waals surface area contributed by atoms with Crippen LogP contribution in [-0.4, -0.2) is 27.8 Å². The van der Waals surface area contributed by atoms with Gasteiger partial charge >= 0.3 is 0 Å². The number of azide groups is 1. The molecule has 0 atom stereocenters. The summed E-state index contributed by atoms with van der Waals surface area (Å²) in [5.74, 6) is 0. The van der Waals surface area contributed by atoms with E-state index in [-0.39, 0.29) is 13.1 Å². The number of hydrogen-bond donors (Lipinski definition) is 0. The zero-order valence-electron chi connectivity index (χ0n) is 11.3. The Kier molecular flexibility index (Phi) is 6.79. The van der Waals surface area contributed by atoms with Crippen molar-refractivity contribution in [3.8, 4) is 0 Å². The van der Waals surface area contributed by atoms with Gasteiger partial charge in [-0.3, -0.25) is 4.31 Å². The zero-order valence-corrected chi connectivity index (χ0v) is 15.1. The van der Waals surface area contributed by atoms with Crippen LogP contribution in [0.4, 0.5) is 5.69 Å². The summed E-state index contributed by atoms with van der Waals surface area (Å²) in [4.78, 5) is 2.65. The minimum absolute atomic E-state index is 0.136. The second-order valence-electron chi connectivity index (χ2n) is 4.32. The fourth-order valence-corrected chi connectivity index (χ4v) is 3.86. The first kappa shape index (κ1) is 18.1. The Balaban J connectivity index is 3.02. The molecule has 21 heavy (non-hydrogen) atoms. The lowest BCUT2D eigenvalue weighted by molar-refractivity contribution is 0.597. The molecule has 0 aromatic heterocycles. The van der Waals surface area contributed by atoms with Crippen LogP contribution in [0, 0.1) is 3.57 Å². The molecule has 1 aromatic carbocycles. The van der Waals surface area contributed by atoms with Gasteiger partial charge in [0.2, 0.25) is 10.0 Å². The number of nitrogens with zero attached hydrogens (tertiary/aromatic N) is 4. The van der Waals surface area contributed by atoms with Crippen molar-refractivity contribution in [1.29, 1.82) is 0 Å². The Morgan fingerprint density at radius 1 is 1.57 bits per heavy atom. The van der Waals surface area contributed by atoms with Gasteiger partial charge in [-0.15, -0.1) is 0 Å². The smallest absolute Gasteiger partial charge is 0.232 e. The van der Waals surface area contributed by atoms with Crippen molar-refractivity contribution >= 4 is 49.9 Å². The van der Waals surface area contributed by atoms with E-state index in [4.69, 9.17) is 17.1 Å². The largest absolute Gasteiger partial charge is 0.265 e. The number of sulfonamides is 1. The maximum absolute atomic E-state index is 12.0. The Morgan fingerprint density at radius 3 is 2.76 bits per heavy atom. The van der Waals surface area contributed by atoms with E-state index in [1.807, 2.05) is 22.6 Å². The summed E-state index contributed by atoms with van der Waals surface area (Å²) in [7, 11) is -3.46. The van der Waals surface area contributed by atoms with Crippen molar-refractivity contribution in [3.05, 3.63) is 49.4 Å². The second kappa shape index (κ2) is 7.88. The van der Waals surface area contributed by atoms with Gasteiger partial charge in [0.15, 0.2) is 0 Å². The Labute approximate surface area is 142 Å². The fourth-order valence-electron chi connectivity index (χ4n) is 1.60. The van der Waals surface area contributed by atoms with Crippen LogP contribution in [0.2, 0.25) is 5.02 Å². The molecule has 0 bridgehead atoms. The number of halogens is 2. The van der Waals surface area contributed by atoms with Gasteiger partial charge < -0.3 is 0 Å². The monoisotopic (exact) mass is 440 g/mol. The molecule has 0 spiro atoms. The van der Waals surface area contributed by atoms with E-state index in [1.54, 1.807) is 18.2 Å². The predicted octanol–water partition coefficient (Wildman–Crippen LogP) is 3.97. The number of benzene rings is 1. The number of rotatable bonds is 7. The van der Waals surface area contributed by atoms with Crippen molar-refractivity contribution in [2.24, 2.45) is 5.11 Å². The van der Waals surface area contributed by atoms with Crippen LogP contribution in [0.25, 0.3) is 10.4 Å². The van der Waals surface area contributed by atoms with Gasteiger partial charge in [0.1, 0.15) is 0 Å². The van der Waals surface area contributed by atoms with Gasteiger partial charge in [-0.1, -0.05) is 28.9 Å². The van der Waals surface area contributed by atoms with Crippen LogP contribution in [-0.2, 0) is 10.0 Å². The summed E-state index contributed by atoms with van der Waals surface area (Å²) < 4.78 is 26.0. The van der Waals surface area contributed by atoms with Gasteiger partial charge in [0.05, 0.1) is 18.5 Å². The normalized spacial score (nSPS) is 10.8. The Hall–Kier alpha value is -0.960. The Bertz CT molecular complexity index is 686. The molecule has 0 amide bonds. The predicted molar refractivity (Wildman–Crippen MR) is 94.1 cm³/mol. The molecule has 0 unspecified atom stereocenters. The quantitative estimate of drug-likeness (QED) is 0.211. The topological polar surface area (TPSA) is 86.1 Å². The van der Waals surface area contributed by atoms with E-state index in [0.29, 0.717) is 22.7 Å². The fraction of sp³-hybridized carbons (Fsp3) is 0.333. The van der Waals surface area contributed by atoms with E-state index in [1.165, 1.54) is 4.31 Å². The molecule has 0 radical (unpaired) electrons. The van der Waals surface area contributed by atoms with E-state index < -0.39 is 10.0 Å². The molecule has 114 valence electrons. The first-order valence-electron chi connectivity index (χ1n) is 5.86. The highest BCUT2D eigenvalue weighted by Crippen LogP contribution is 2.28. The van der Waals surface area contributed by atoms with E-state index in [9.17, 15) is 8.42 Å². The van der Waals surface area contributed by atoms with Crippen LogP contribution >= 0.6 is 34.2 Å². The third-order valence-corrected chi connectivity index (χ3v) is 4.80. The molecule has 0 N–H and O–H groups in total. The average Bonchev–Trinajstić information content (AvgIpc) is 2.36. The lowest BCUT2D eigenvalue weighted by Crippen LogP contribution is -2.32. The molecular weight excluding hydrogens is 427 g/mol. The molecule has 9 heteroatoms. The summed E-state index contributed by atoms with van der Waals surface area (Å²) in [6.45, 7) is 4.23. The third kappa shape index (κ3) is 5.74. The van der Waals surface area contributed by atoms with Crippen LogP contribution in [0.3, 0.4) is 0 Å². The average molecular weight is 441 g/mol. The highest BCUT2D eigenvalue weighted by Gasteiger charge is 2.20. The lowest BCUT2D eigenvalue weighted by Gasteiger charge is -2.24. The summed E-state index contributed by atoms with van der Waals surface area (Å²) >= 11 is 7.93. The zero-order chi connectivity index (χ0) is 16.0. The van der Waals surface area contributed by atoms with Gasteiger partial charge in [-0.2, -0.15) is 0 Å². The molecule has 0 aliphatic carbocycles. The van der Waals surface area contributed by atoms with Crippen molar-refractivity contribution in [2.75, 3.05) is 23.7 Å². The molecule has 1 aromatic rings. The summed E-state index contributed by atoms with van der Waals surface area (Å²) in [6, 6.07) is 4.99. The van der Waals surface area contributed by atoms with Gasteiger partial charge in [0.25, 0.3) is 0 Å². The van der Waals surface area contributed by atoms with Crippen molar-refractivity contribution in [3.63, 3.8) is 0 Å². The van der Waals surface area contributed by atoms with Crippen LogP contribution in [0.1, 0.15) is 6.42 Å². The van der Waals surface area contributed by atoms with Crippen molar-refractivity contribution < 1.29 is 8.42 Å². The summed E-state index contributed by atoms with van der Waals surface area (Å²) in [6.07, 6.45) is 1.57. The molecule has 6 nitrogen and oxygen atoms in total. The van der Waals surface area contributed by atoms with Crippen molar-refractivity contribution in [1.82, 2.24) is 0 Å². The van der Waals surface area contributed by atoms with E-state index >= 15 is 0 Å². The highest BCUT2D eigenvalue weighted by molar-refractivity contribution is 14.1. The van der Waals surface area contributed by atoms with Crippen LogP contribution < -0.4 is 4.31 Å². The molecule has 0 aliphatic heterocycles. The number of hydrogen-bond acceptors (Lipinski definition) is 3. The second-order valence-corrected chi connectivity index (χ2v) is 7.83. The van der Waals surface area contributed by atoms with Gasteiger partial charge in [-0.25, -0.2) is 8.42 Å². The first-order valence-corrected chi connectivity index (χ1v) is 9.16.